The number of aromatic nitrogens is 2. The Morgan fingerprint density at radius 2 is 2.53 bits per heavy atom. The number of nitrogen functional groups attached to an aromatic ring is 1. The lowest BCUT2D eigenvalue weighted by molar-refractivity contribution is -0.0255. The van der Waals surface area contributed by atoms with Crippen molar-refractivity contribution in [3.05, 3.63) is 22.2 Å². The summed E-state index contributed by atoms with van der Waals surface area (Å²) >= 11 is 0. The molecular weight excluding hydrogens is 196 g/mol. The Hall–Kier alpha value is -1.40. The van der Waals surface area contributed by atoms with Gasteiger partial charge in [0.05, 0.1) is 6.61 Å². The van der Waals surface area contributed by atoms with Crippen LogP contribution in [0.25, 0.3) is 0 Å². The number of nitrogens with two attached hydrogens (primary N) is 1. The number of aromatic amines is 1. The van der Waals surface area contributed by atoms with Gasteiger partial charge in [0.1, 0.15) is 17.7 Å². The molecule has 82 valence electrons. The second kappa shape index (κ2) is 4.00. The van der Waals surface area contributed by atoms with E-state index in [1.54, 1.807) is 0 Å². The van der Waals surface area contributed by atoms with Crippen molar-refractivity contribution < 1.29 is 4.74 Å². The smallest absolute Gasteiger partial charge is 0.253 e. The van der Waals surface area contributed by atoms with E-state index >= 15 is 0 Å². The van der Waals surface area contributed by atoms with Gasteiger partial charge in [-0.05, 0) is 7.05 Å². The molecule has 1 fully saturated rings. The Balaban J connectivity index is 2.24. The predicted molar refractivity (Wildman–Crippen MR) is 55.5 cm³/mol. The standard InChI is InChI=1S/C9H14N4O2/c1-13-2-3-15-6(5-13)9-11-7(10)4-8(14)12-9/h4,6H,2-3,5H2,1H3,(H3,10,11,12,14). The first kappa shape index (κ1) is 10.1. The SMILES string of the molecule is CN1CCOC(c2nc(N)cc(=O)[nH]2)C1. The van der Waals surface area contributed by atoms with Gasteiger partial charge in [-0.3, -0.25) is 4.79 Å². The molecule has 0 spiro atoms. The second-order valence-corrected chi connectivity index (χ2v) is 3.68. The van der Waals surface area contributed by atoms with Crippen molar-refractivity contribution >= 4 is 5.82 Å². The highest BCUT2D eigenvalue weighted by atomic mass is 16.5. The lowest BCUT2D eigenvalue weighted by atomic mass is 10.2. The summed E-state index contributed by atoms with van der Waals surface area (Å²) in [7, 11) is 2.00. The van der Waals surface area contributed by atoms with Crippen molar-refractivity contribution in [1.82, 2.24) is 14.9 Å². The quantitative estimate of drug-likeness (QED) is 0.643. The largest absolute Gasteiger partial charge is 0.383 e. The third kappa shape index (κ3) is 2.34. The Morgan fingerprint density at radius 1 is 1.73 bits per heavy atom. The highest BCUT2D eigenvalue weighted by molar-refractivity contribution is 5.25. The first-order valence-electron chi connectivity index (χ1n) is 4.82. The topological polar surface area (TPSA) is 84.2 Å². The number of ether oxygens (including phenoxy) is 1. The molecule has 1 aliphatic heterocycles. The van der Waals surface area contributed by atoms with Gasteiger partial charge in [-0.2, -0.15) is 0 Å². The van der Waals surface area contributed by atoms with E-state index in [1.807, 2.05) is 7.05 Å². The maximum Gasteiger partial charge on any atom is 0.253 e. The second-order valence-electron chi connectivity index (χ2n) is 3.68. The molecule has 0 amide bonds. The summed E-state index contributed by atoms with van der Waals surface area (Å²) in [4.78, 5) is 20.0. The van der Waals surface area contributed by atoms with Crippen molar-refractivity contribution in [3.8, 4) is 0 Å². The zero-order valence-corrected chi connectivity index (χ0v) is 8.56. The molecule has 0 radical (unpaired) electrons. The molecule has 1 saturated heterocycles. The van der Waals surface area contributed by atoms with Gasteiger partial charge < -0.3 is 20.4 Å². The summed E-state index contributed by atoms with van der Waals surface area (Å²) in [5.74, 6) is 0.733. The van der Waals surface area contributed by atoms with E-state index in [1.165, 1.54) is 6.07 Å². The first-order valence-corrected chi connectivity index (χ1v) is 4.82. The maximum atomic E-state index is 11.2. The molecular formula is C9H14N4O2. The van der Waals surface area contributed by atoms with E-state index in [2.05, 4.69) is 14.9 Å². The molecule has 2 heterocycles. The fourth-order valence-electron chi connectivity index (χ4n) is 1.59. The zero-order valence-electron chi connectivity index (χ0n) is 8.56. The van der Waals surface area contributed by atoms with E-state index in [-0.39, 0.29) is 17.5 Å². The third-order valence-electron chi connectivity index (χ3n) is 2.35. The van der Waals surface area contributed by atoms with Gasteiger partial charge in [0.2, 0.25) is 0 Å². The van der Waals surface area contributed by atoms with E-state index in [9.17, 15) is 4.79 Å². The average Bonchev–Trinajstić information content (AvgIpc) is 2.16. The minimum absolute atomic E-state index is 0.194. The molecule has 0 aliphatic carbocycles. The molecule has 1 aliphatic rings. The Bertz CT molecular complexity index is 403. The van der Waals surface area contributed by atoms with Crippen LogP contribution in [0.2, 0.25) is 0 Å². The number of likely N-dealkylation sites (N-methyl/N-ethyl adjacent to an activating group) is 1. The molecule has 0 saturated carbocycles. The van der Waals surface area contributed by atoms with E-state index in [4.69, 9.17) is 10.5 Å². The van der Waals surface area contributed by atoms with Gasteiger partial charge in [0.25, 0.3) is 5.56 Å². The van der Waals surface area contributed by atoms with Gasteiger partial charge in [0.15, 0.2) is 0 Å². The maximum absolute atomic E-state index is 11.2. The highest BCUT2D eigenvalue weighted by Gasteiger charge is 2.21. The van der Waals surface area contributed by atoms with Crippen molar-refractivity contribution in [1.29, 1.82) is 0 Å². The molecule has 3 N–H and O–H groups in total. The van der Waals surface area contributed by atoms with Gasteiger partial charge in [0, 0.05) is 19.2 Å². The highest BCUT2D eigenvalue weighted by Crippen LogP contribution is 2.17. The van der Waals surface area contributed by atoms with Crippen LogP contribution in [-0.4, -0.2) is 41.6 Å². The number of rotatable bonds is 1. The van der Waals surface area contributed by atoms with E-state index in [0.717, 1.165) is 6.54 Å². The number of H-pyrrole nitrogens is 1. The molecule has 1 aromatic rings. The molecule has 6 heteroatoms. The van der Waals surface area contributed by atoms with E-state index < -0.39 is 0 Å². The number of nitrogens with zero attached hydrogens (tertiary/aromatic N) is 2. The summed E-state index contributed by atoms with van der Waals surface area (Å²) < 4.78 is 5.51. The fourth-order valence-corrected chi connectivity index (χ4v) is 1.59. The first-order chi connectivity index (χ1) is 7.15. The fraction of sp³-hybridized carbons (Fsp3) is 0.556. The van der Waals surface area contributed by atoms with Crippen LogP contribution in [0.5, 0.6) is 0 Å². The van der Waals surface area contributed by atoms with Gasteiger partial charge in [-0.1, -0.05) is 0 Å². The average molecular weight is 210 g/mol. The molecule has 1 aromatic heterocycles. The zero-order chi connectivity index (χ0) is 10.8. The molecule has 0 bridgehead atoms. The minimum Gasteiger partial charge on any atom is -0.383 e. The molecule has 2 rings (SSSR count). The van der Waals surface area contributed by atoms with Crippen molar-refractivity contribution in [2.24, 2.45) is 0 Å². The predicted octanol–water partition coefficient (Wildman–Crippen LogP) is -0.645. The van der Waals surface area contributed by atoms with Crippen LogP contribution < -0.4 is 11.3 Å². The number of morpholine rings is 1. The van der Waals surface area contributed by atoms with Crippen molar-refractivity contribution in [3.63, 3.8) is 0 Å². The van der Waals surface area contributed by atoms with Crippen molar-refractivity contribution in [2.75, 3.05) is 32.5 Å². The molecule has 0 aromatic carbocycles. The molecule has 1 atom stereocenters. The van der Waals surface area contributed by atoms with Crippen LogP contribution in [-0.2, 0) is 4.74 Å². The Kier molecular flexibility index (Phi) is 2.70. The summed E-state index contributed by atoms with van der Waals surface area (Å²) in [5.41, 5.74) is 5.26. The Labute approximate surface area is 87.1 Å². The number of hydrogen-bond acceptors (Lipinski definition) is 5. The van der Waals surface area contributed by atoms with Crippen LogP contribution in [0, 0.1) is 0 Å². The molecule has 6 nitrogen and oxygen atoms in total. The monoisotopic (exact) mass is 210 g/mol. The summed E-state index contributed by atoms with van der Waals surface area (Å²) in [6, 6.07) is 1.26. The molecule has 1 unspecified atom stereocenters. The van der Waals surface area contributed by atoms with Gasteiger partial charge in [-0.25, -0.2) is 4.98 Å². The van der Waals surface area contributed by atoms with Crippen LogP contribution in [0.4, 0.5) is 5.82 Å². The minimum atomic E-state index is -0.241. The summed E-state index contributed by atoms with van der Waals surface area (Å²) in [6.45, 7) is 2.25. The van der Waals surface area contributed by atoms with Crippen molar-refractivity contribution in [2.45, 2.75) is 6.10 Å². The van der Waals surface area contributed by atoms with Crippen LogP contribution >= 0.6 is 0 Å². The van der Waals surface area contributed by atoms with Crippen LogP contribution in [0.1, 0.15) is 11.9 Å². The van der Waals surface area contributed by atoms with E-state index in [0.29, 0.717) is 19.0 Å². The number of hydrogen-bond donors (Lipinski definition) is 2. The number of anilines is 1. The summed E-state index contributed by atoms with van der Waals surface area (Å²) in [5, 5.41) is 0. The summed E-state index contributed by atoms with van der Waals surface area (Å²) in [6.07, 6.45) is -0.194. The van der Waals surface area contributed by atoms with Gasteiger partial charge >= 0.3 is 0 Å². The Morgan fingerprint density at radius 3 is 3.20 bits per heavy atom. The normalized spacial score (nSPS) is 22.9. The number of nitrogens with one attached hydrogen (secondary N) is 1. The third-order valence-corrected chi connectivity index (χ3v) is 2.35. The molecule has 15 heavy (non-hydrogen) atoms. The van der Waals surface area contributed by atoms with Crippen LogP contribution in [0.15, 0.2) is 10.9 Å². The van der Waals surface area contributed by atoms with Gasteiger partial charge in [-0.15, -0.1) is 0 Å². The lowest BCUT2D eigenvalue weighted by Crippen LogP contribution is -2.36. The van der Waals surface area contributed by atoms with Crippen LogP contribution in [0.3, 0.4) is 0 Å². The lowest BCUT2D eigenvalue weighted by Gasteiger charge is -2.29.